The molecular formula is C17H19N2O4S-. The second kappa shape index (κ2) is 6.76. The highest BCUT2D eigenvalue weighted by Gasteiger charge is 2.32. The summed E-state index contributed by atoms with van der Waals surface area (Å²) in [7, 11) is 0. The lowest BCUT2D eigenvalue weighted by Crippen LogP contribution is -2.41. The fourth-order valence-corrected chi connectivity index (χ4v) is 4.78. The Morgan fingerprint density at radius 1 is 1.12 bits per heavy atom. The van der Waals surface area contributed by atoms with E-state index in [1.807, 2.05) is 0 Å². The number of nitrogens with one attached hydrogen (secondary N) is 1. The predicted molar refractivity (Wildman–Crippen MR) is 88.5 cm³/mol. The van der Waals surface area contributed by atoms with Crippen LogP contribution in [0.5, 0.6) is 0 Å². The predicted octanol–water partition coefficient (Wildman–Crippen LogP) is 0.997. The number of aryl methyl sites for hydroxylation is 1. The Kier molecular flexibility index (Phi) is 4.71. The maximum absolute atomic E-state index is 12.6. The minimum absolute atomic E-state index is 0.282. The van der Waals surface area contributed by atoms with E-state index in [2.05, 4.69) is 5.32 Å². The van der Waals surface area contributed by atoms with Gasteiger partial charge in [0.05, 0.1) is 11.5 Å². The Balaban J connectivity index is 1.86. The van der Waals surface area contributed by atoms with Crippen LogP contribution in [0.2, 0.25) is 0 Å². The molecule has 1 heterocycles. The summed E-state index contributed by atoms with van der Waals surface area (Å²) in [5.41, 5.74) is 6.84. The van der Waals surface area contributed by atoms with Crippen LogP contribution < -0.4 is 16.2 Å². The van der Waals surface area contributed by atoms with Crippen molar-refractivity contribution in [2.75, 3.05) is 5.32 Å². The van der Waals surface area contributed by atoms with Gasteiger partial charge < -0.3 is 21.0 Å². The van der Waals surface area contributed by atoms with Crippen LogP contribution >= 0.6 is 11.3 Å². The third-order valence-corrected chi connectivity index (χ3v) is 5.93. The van der Waals surface area contributed by atoms with Crippen LogP contribution in [-0.2, 0) is 22.4 Å². The smallest absolute Gasteiger partial charge is 0.251 e. The fraction of sp³-hybridized carbons (Fsp3) is 0.471. The number of thiophene rings is 1. The molecule has 0 saturated heterocycles. The van der Waals surface area contributed by atoms with Crippen molar-refractivity contribution in [3.8, 4) is 0 Å². The van der Waals surface area contributed by atoms with E-state index in [0.29, 0.717) is 17.0 Å². The molecule has 128 valence electrons. The monoisotopic (exact) mass is 347 g/mol. The van der Waals surface area contributed by atoms with Crippen LogP contribution in [0.4, 0.5) is 5.00 Å². The lowest BCUT2D eigenvalue weighted by atomic mass is 9.82. The summed E-state index contributed by atoms with van der Waals surface area (Å²) in [6, 6.07) is 0. The van der Waals surface area contributed by atoms with Gasteiger partial charge in [-0.1, -0.05) is 12.2 Å². The minimum Gasteiger partial charge on any atom is -0.550 e. The molecule has 3 N–H and O–H groups in total. The molecule has 0 bridgehead atoms. The zero-order chi connectivity index (χ0) is 17.3. The molecule has 3 rings (SSSR count). The third-order valence-electron chi connectivity index (χ3n) is 4.73. The largest absolute Gasteiger partial charge is 0.550 e. The zero-order valence-corrected chi connectivity index (χ0v) is 14.0. The van der Waals surface area contributed by atoms with Gasteiger partial charge in [-0.05, 0) is 44.1 Å². The molecule has 0 saturated carbocycles. The van der Waals surface area contributed by atoms with Crippen molar-refractivity contribution in [1.82, 2.24) is 0 Å². The molecule has 1 aromatic heterocycles. The number of anilines is 1. The van der Waals surface area contributed by atoms with Crippen LogP contribution in [-0.4, -0.2) is 17.8 Å². The molecule has 2 aliphatic rings. The standard InChI is InChI=1S/C17H20N2O4S/c18-14(20)13-11-7-3-4-8-12(11)24-16(13)19-15(21)9-5-1-2-6-10(9)17(22)23/h1-2,9-10H,3-8H2,(H2,18,20)(H,19,21)(H,22,23)/p-1/t9-,10-/m1/s1. The number of fused-ring (bicyclic) bond motifs is 1. The zero-order valence-electron chi connectivity index (χ0n) is 13.2. The molecule has 0 aliphatic heterocycles. The summed E-state index contributed by atoms with van der Waals surface area (Å²) >= 11 is 1.38. The van der Waals surface area contributed by atoms with E-state index < -0.39 is 29.6 Å². The highest BCUT2D eigenvalue weighted by Crippen LogP contribution is 2.38. The number of hydrogen-bond donors (Lipinski definition) is 2. The molecule has 1 aromatic rings. The molecule has 0 fully saturated rings. The van der Waals surface area contributed by atoms with Crippen molar-refractivity contribution in [3.63, 3.8) is 0 Å². The summed E-state index contributed by atoms with van der Waals surface area (Å²) in [4.78, 5) is 36.8. The molecule has 0 aromatic carbocycles. The maximum Gasteiger partial charge on any atom is 0.251 e. The van der Waals surface area contributed by atoms with E-state index in [0.717, 1.165) is 36.1 Å². The number of allylic oxidation sites excluding steroid dienone is 2. The van der Waals surface area contributed by atoms with Gasteiger partial charge in [-0.3, -0.25) is 9.59 Å². The van der Waals surface area contributed by atoms with Gasteiger partial charge in [-0.25, -0.2) is 0 Å². The number of amides is 2. The summed E-state index contributed by atoms with van der Waals surface area (Å²) in [5.74, 6) is -3.71. The van der Waals surface area contributed by atoms with Crippen molar-refractivity contribution >= 4 is 34.1 Å². The quantitative estimate of drug-likeness (QED) is 0.791. The number of carboxylic acids is 1. The van der Waals surface area contributed by atoms with Crippen molar-refractivity contribution in [2.45, 2.75) is 38.5 Å². The molecular weight excluding hydrogens is 328 g/mol. The van der Waals surface area contributed by atoms with Gasteiger partial charge >= 0.3 is 0 Å². The average Bonchev–Trinajstić information content (AvgIpc) is 2.92. The fourth-order valence-electron chi connectivity index (χ4n) is 3.48. The first-order valence-corrected chi connectivity index (χ1v) is 8.91. The molecule has 6 nitrogen and oxygen atoms in total. The van der Waals surface area contributed by atoms with Crippen molar-refractivity contribution in [1.29, 1.82) is 0 Å². The first kappa shape index (κ1) is 16.7. The average molecular weight is 347 g/mol. The van der Waals surface area contributed by atoms with E-state index in [1.165, 1.54) is 11.3 Å². The molecule has 7 heteroatoms. The van der Waals surface area contributed by atoms with Crippen molar-refractivity contribution in [2.24, 2.45) is 17.6 Å². The lowest BCUT2D eigenvalue weighted by Gasteiger charge is -2.28. The topological polar surface area (TPSA) is 112 Å². The van der Waals surface area contributed by atoms with Crippen molar-refractivity contribution in [3.05, 3.63) is 28.2 Å². The Labute approximate surface area is 143 Å². The number of rotatable bonds is 4. The van der Waals surface area contributed by atoms with Gasteiger partial charge in [-0.2, -0.15) is 0 Å². The van der Waals surface area contributed by atoms with Gasteiger partial charge in [0, 0.05) is 16.8 Å². The molecule has 0 spiro atoms. The van der Waals surface area contributed by atoms with Gasteiger partial charge in [-0.15, -0.1) is 11.3 Å². The lowest BCUT2D eigenvalue weighted by molar-refractivity contribution is -0.313. The molecule has 24 heavy (non-hydrogen) atoms. The van der Waals surface area contributed by atoms with E-state index in [1.54, 1.807) is 12.2 Å². The first-order chi connectivity index (χ1) is 11.5. The number of nitrogens with two attached hydrogens (primary N) is 1. The second-order valence-corrected chi connectivity index (χ2v) is 7.35. The van der Waals surface area contributed by atoms with Gasteiger partial charge in [0.2, 0.25) is 5.91 Å². The number of carbonyl (C=O) groups excluding carboxylic acids is 3. The molecule has 0 radical (unpaired) electrons. The van der Waals surface area contributed by atoms with E-state index in [-0.39, 0.29) is 6.42 Å². The Morgan fingerprint density at radius 2 is 1.79 bits per heavy atom. The molecule has 2 atom stereocenters. The molecule has 2 aliphatic carbocycles. The van der Waals surface area contributed by atoms with Crippen LogP contribution in [0.15, 0.2) is 12.2 Å². The Bertz CT molecular complexity index is 722. The Hall–Kier alpha value is -2.15. The van der Waals surface area contributed by atoms with Gasteiger partial charge in [0.1, 0.15) is 5.00 Å². The van der Waals surface area contributed by atoms with E-state index >= 15 is 0 Å². The number of aliphatic carboxylic acids is 1. The van der Waals surface area contributed by atoms with Crippen LogP contribution in [0.1, 0.15) is 46.5 Å². The van der Waals surface area contributed by atoms with Gasteiger partial charge in [0.15, 0.2) is 0 Å². The van der Waals surface area contributed by atoms with E-state index in [9.17, 15) is 19.5 Å². The maximum atomic E-state index is 12.6. The normalized spacial score (nSPS) is 22.7. The Morgan fingerprint density at radius 3 is 2.46 bits per heavy atom. The summed E-state index contributed by atoms with van der Waals surface area (Å²) in [5, 5.41) is 14.5. The number of carboxylic acid groups (broad SMARTS) is 1. The summed E-state index contributed by atoms with van der Waals surface area (Å²) in [6.07, 6.45) is 7.90. The number of primary amides is 1. The minimum atomic E-state index is -1.22. The highest BCUT2D eigenvalue weighted by atomic mass is 32.1. The SMILES string of the molecule is NC(=O)c1c(NC(=O)[C@@H]2CC=CC[C@H]2C(=O)[O-])sc2c1CCCC2. The number of hydrogen-bond acceptors (Lipinski definition) is 5. The van der Waals surface area contributed by atoms with Crippen molar-refractivity contribution < 1.29 is 19.5 Å². The third kappa shape index (κ3) is 3.08. The molecule has 2 amide bonds. The van der Waals surface area contributed by atoms with E-state index in [4.69, 9.17) is 5.73 Å². The summed E-state index contributed by atoms with van der Waals surface area (Å²) in [6.45, 7) is 0. The second-order valence-electron chi connectivity index (χ2n) is 6.24. The van der Waals surface area contributed by atoms with Crippen LogP contribution in [0, 0.1) is 11.8 Å². The van der Waals surface area contributed by atoms with Gasteiger partial charge in [0.25, 0.3) is 5.91 Å². The number of carbonyl (C=O) groups is 3. The summed E-state index contributed by atoms with van der Waals surface area (Å²) < 4.78 is 0. The highest BCUT2D eigenvalue weighted by molar-refractivity contribution is 7.17. The van der Waals surface area contributed by atoms with Crippen LogP contribution in [0.3, 0.4) is 0 Å². The van der Waals surface area contributed by atoms with Crippen LogP contribution in [0.25, 0.3) is 0 Å². The first-order valence-electron chi connectivity index (χ1n) is 8.10. The molecule has 0 unspecified atom stereocenters.